The highest BCUT2D eigenvalue weighted by Gasteiger charge is 2.02. The van der Waals surface area contributed by atoms with Crippen LogP contribution in [0.3, 0.4) is 0 Å². The van der Waals surface area contributed by atoms with Gasteiger partial charge in [0.15, 0.2) is 0 Å². The van der Waals surface area contributed by atoms with Crippen LogP contribution in [0.5, 0.6) is 5.75 Å². The minimum absolute atomic E-state index is 0.0580. The fourth-order valence-electron chi connectivity index (χ4n) is 1.85. The van der Waals surface area contributed by atoms with Gasteiger partial charge in [0.2, 0.25) is 0 Å². The number of carboxylic acids is 1. The number of hydrogen-bond acceptors (Lipinski definition) is 5. The van der Waals surface area contributed by atoms with E-state index in [9.17, 15) is 9.59 Å². The third-order valence-corrected chi connectivity index (χ3v) is 3.08. The normalized spacial score (nSPS) is 10.4. The van der Waals surface area contributed by atoms with E-state index in [1.165, 1.54) is 18.3 Å². The van der Waals surface area contributed by atoms with Gasteiger partial charge in [-0.3, -0.25) is 4.79 Å². The quantitative estimate of drug-likeness (QED) is 0.533. The van der Waals surface area contributed by atoms with Gasteiger partial charge in [0.05, 0.1) is 25.4 Å². The van der Waals surface area contributed by atoms with Gasteiger partial charge in [-0.1, -0.05) is 18.2 Å². The van der Waals surface area contributed by atoms with Gasteiger partial charge >= 0.3 is 5.97 Å². The Morgan fingerprint density at radius 1 is 1.21 bits per heavy atom. The first-order chi connectivity index (χ1) is 11.6. The Morgan fingerprint density at radius 2 is 1.96 bits per heavy atom. The number of carbonyl (C=O) groups excluding carboxylic acids is 1. The molecule has 2 rings (SSSR count). The summed E-state index contributed by atoms with van der Waals surface area (Å²) in [5.41, 5.74) is 4.02. The van der Waals surface area contributed by atoms with Crippen molar-refractivity contribution in [2.75, 3.05) is 19.0 Å². The van der Waals surface area contributed by atoms with E-state index in [1.54, 1.807) is 25.3 Å². The lowest BCUT2D eigenvalue weighted by atomic mass is 10.1. The van der Waals surface area contributed by atoms with Gasteiger partial charge in [-0.15, -0.1) is 0 Å². The van der Waals surface area contributed by atoms with Crippen LogP contribution in [0.2, 0.25) is 0 Å². The van der Waals surface area contributed by atoms with E-state index in [1.807, 2.05) is 18.2 Å². The van der Waals surface area contributed by atoms with E-state index >= 15 is 0 Å². The third kappa shape index (κ3) is 5.13. The molecule has 0 radical (unpaired) electrons. The number of benzene rings is 2. The Balaban J connectivity index is 1.80. The van der Waals surface area contributed by atoms with Crippen LogP contribution in [0.25, 0.3) is 0 Å². The number of nitrogens with one attached hydrogen (secondary N) is 2. The summed E-state index contributed by atoms with van der Waals surface area (Å²) in [5.74, 6) is -0.602. The molecule has 0 aromatic heterocycles. The van der Waals surface area contributed by atoms with Gasteiger partial charge in [0.1, 0.15) is 5.75 Å². The standard InChI is InChI=1S/C17H17N3O4/c1-24-15-4-2-3-14(9-15)18-11-16(21)20-19-10-12-5-7-13(8-6-12)17(22)23/h2-10,18H,11H2,1H3,(H,20,21)(H,22,23)/b19-10-. The van der Waals surface area contributed by atoms with Crippen LogP contribution < -0.4 is 15.5 Å². The maximum absolute atomic E-state index is 11.7. The fourth-order valence-corrected chi connectivity index (χ4v) is 1.85. The molecule has 0 saturated heterocycles. The van der Waals surface area contributed by atoms with Crippen molar-refractivity contribution in [3.8, 4) is 5.75 Å². The largest absolute Gasteiger partial charge is 0.497 e. The van der Waals surface area contributed by atoms with Crippen molar-refractivity contribution in [2.45, 2.75) is 0 Å². The SMILES string of the molecule is COc1cccc(NCC(=O)N/N=C\c2ccc(C(=O)O)cc2)c1. The van der Waals surface area contributed by atoms with Crippen LogP contribution in [-0.2, 0) is 4.79 Å². The number of ether oxygens (including phenoxy) is 1. The molecule has 3 N–H and O–H groups in total. The predicted molar refractivity (Wildman–Crippen MR) is 90.6 cm³/mol. The van der Waals surface area contributed by atoms with Crippen LogP contribution in [0.1, 0.15) is 15.9 Å². The zero-order valence-electron chi connectivity index (χ0n) is 13.0. The molecule has 0 aliphatic rings. The number of nitrogens with zero attached hydrogens (tertiary/aromatic N) is 1. The summed E-state index contributed by atoms with van der Waals surface area (Å²) in [6, 6.07) is 13.4. The molecule has 24 heavy (non-hydrogen) atoms. The number of carbonyl (C=O) groups is 2. The molecule has 0 heterocycles. The number of aromatic carboxylic acids is 1. The minimum atomic E-state index is -0.990. The van der Waals surface area contributed by atoms with Crippen molar-refractivity contribution in [3.05, 3.63) is 59.7 Å². The molecular weight excluding hydrogens is 310 g/mol. The van der Waals surface area contributed by atoms with E-state index in [4.69, 9.17) is 9.84 Å². The molecule has 0 atom stereocenters. The summed E-state index contributed by atoms with van der Waals surface area (Å²) in [6.45, 7) is 0.0580. The molecule has 0 aliphatic heterocycles. The van der Waals surface area contributed by atoms with Crippen LogP contribution in [0, 0.1) is 0 Å². The van der Waals surface area contributed by atoms with Crippen LogP contribution >= 0.6 is 0 Å². The maximum atomic E-state index is 11.7. The Hall–Kier alpha value is -3.35. The number of hydrazone groups is 1. The van der Waals surface area contributed by atoms with Gasteiger partial charge < -0.3 is 15.2 Å². The monoisotopic (exact) mass is 327 g/mol. The van der Waals surface area contributed by atoms with Gasteiger partial charge in [-0.05, 0) is 29.8 Å². The summed E-state index contributed by atoms with van der Waals surface area (Å²) in [5, 5.41) is 15.6. The molecule has 0 unspecified atom stereocenters. The first-order valence-electron chi connectivity index (χ1n) is 7.11. The molecule has 2 aromatic rings. The maximum Gasteiger partial charge on any atom is 0.335 e. The van der Waals surface area contributed by atoms with Crippen molar-refractivity contribution in [1.29, 1.82) is 0 Å². The van der Waals surface area contributed by atoms with Crippen LogP contribution in [0.4, 0.5) is 5.69 Å². The highest BCUT2D eigenvalue weighted by molar-refractivity contribution is 5.89. The first-order valence-corrected chi connectivity index (χ1v) is 7.11. The average Bonchev–Trinajstić information content (AvgIpc) is 2.60. The Bertz CT molecular complexity index is 742. The third-order valence-electron chi connectivity index (χ3n) is 3.08. The first kappa shape index (κ1) is 17.0. The zero-order valence-corrected chi connectivity index (χ0v) is 13.0. The van der Waals surface area contributed by atoms with Crippen molar-refractivity contribution >= 4 is 23.8 Å². The second-order valence-corrected chi connectivity index (χ2v) is 4.81. The summed E-state index contributed by atoms with van der Waals surface area (Å²) in [7, 11) is 1.57. The van der Waals surface area contributed by atoms with E-state index in [2.05, 4.69) is 15.8 Å². The number of anilines is 1. The second-order valence-electron chi connectivity index (χ2n) is 4.81. The molecule has 2 aromatic carbocycles. The molecule has 0 aliphatic carbocycles. The molecule has 124 valence electrons. The second kappa shape index (κ2) is 8.33. The topological polar surface area (TPSA) is 100 Å². The Labute approximate surface area is 139 Å². The Kier molecular flexibility index (Phi) is 5.90. The predicted octanol–water partition coefficient (Wildman–Crippen LogP) is 1.96. The molecule has 0 fully saturated rings. The van der Waals surface area contributed by atoms with Crippen molar-refractivity contribution in [2.24, 2.45) is 5.10 Å². The summed E-state index contributed by atoms with van der Waals surface area (Å²) >= 11 is 0. The smallest absolute Gasteiger partial charge is 0.335 e. The van der Waals surface area contributed by atoms with Gasteiger partial charge in [0.25, 0.3) is 5.91 Å². The molecule has 0 saturated carbocycles. The fraction of sp³-hybridized carbons (Fsp3) is 0.118. The van der Waals surface area contributed by atoms with Crippen molar-refractivity contribution < 1.29 is 19.4 Å². The van der Waals surface area contributed by atoms with Crippen LogP contribution in [-0.4, -0.2) is 36.9 Å². The number of rotatable bonds is 7. The van der Waals surface area contributed by atoms with E-state index in [0.29, 0.717) is 11.3 Å². The zero-order chi connectivity index (χ0) is 17.4. The molecule has 0 spiro atoms. The van der Waals surface area contributed by atoms with E-state index in [-0.39, 0.29) is 18.0 Å². The number of methoxy groups -OCH3 is 1. The van der Waals surface area contributed by atoms with Gasteiger partial charge in [0, 0.05) is 11.8 Å². The highest BCUT2D eigenvalue weighted by Crippen LogP contribution is 2.16. The summed E-state index contributed by atoms with van der Waals surface area (Å²) in [4.78, 5) is 22.4. The lowest BCUT2D eigenvalue weighted by molar-refractivity contribution is -0.119. The minimum Gasteiger partial charge on any atom is -0.497 e. The number of carboxylic acid groups (broad SMARTS) is 1. The highest BCUT2D eigenvalue weighted by atomic mass is 16.5. The van der Waals surface area contributed by atoms with Crippen molar-refractivity contribution in [3.63, 3.8) is 0 Å². The molecule has 0 bridgehead atoms. The van der Waals surface area contributed by atoms with E-state index in [0.717, 1.165) is 5.69 Å². The summed E-state index contributed by atoms with van der Waals surface area (Å²) in [6.07, 6.45) is 1.44. The molecular formula is C17H17N3O4. The summed E-state index contributed by atoms with van der Waals surface area (Å²) < 4.78 is 5.10. The molecule has 7 nitrogen and oxygen atoms in total. The molecule has 1 amide bonds. The Morgan fingerprint density at radius 3 is 2.62 bits per heavy atom. The lowest BCUT2D eigenvalue weighted by Crippen LogP contribution is -2.25. The molecule has 7 heteroatoms. The number of hydrogen-bond donors (Lipinski definition) is 3. The van der Waals surface area contributed by atoms with Gasteiger partial charge in [-0.2, -0.15) is 5.10 Å². The van der Waals surface area contributed by atoms with Crippen LogP contribution in [0.15, 0.2) is 53.6 Å². The van der Waals surface area contributed by atoms with Gasteiger partial charge in [-0.25, -0.2) is 10.2 Å². The average molecular weight is 327 g/mol. The van der Waals surface area contributed by atoms with E-state index < -0.39 is 5.97 Å². The lowest BCUT2D eigenvalue weighted by Gasteiger charge is -2.06. The number of amides is 1. The van der Waals surface area contributed by atoms with Crippen molar-refractivity contribution in [1.82, 2.24) is 5.43 Å².